The van der Waals surface area contributed by atoms with Gasteiger partial charge in [0.1, 0.15) is 6.61 Å². The minimum atomic E-state index is -0.0787. The molecule has 2 amide bonds. The molecule has 2 saturated heterocycles. The van der Waals surface area contributed by atoms with Crippen LogP contribution in [0.25, 0.3) is 0 Å². The summed E-state index contributed by atoms with van der Waals surface area (Å²) in [4.78, 5) is 28.4. The Bertz CT molecular complexity index is 621. The van der Waals surface area contributed by atoms with Gasteiger partial charge < -0.3 is 14.5 Å². The summed E-state index contributed by atoms with van der Waals surface area (Å²) in [6.07, 6.45) is 3.25. The Morgan fingerprint density at radius 1 is 1.25 bits per heavy atom. The van der Waals surface area contributed by atoms with E-state index in [1.807, 2.05) is 11.0 Å². The highest BCUT2D eigenvalue weighted by Gasteiger charge is 2.47. The fraction of sp³-hybridized carbons (Fsp3) is 0.579. The number of benzene rings is 1. The molecule has 3 rings (SSSR count). The van der Waals surface area contributed by atoms with Crippen LogP contribution in [0.1, 0.15) is 36.8 Å². The minimum absolute atomic E-state index is 0.0434. The van der Waals surface area contributed by atoms with Crippen LogP contribution in [0.3, 0.4) is 0 Å². The first-order valence-electron chi connectivity index (χ1n) is 8.67. The number of ether oxygens (including phenoxy) is 1. The summed E-state index contributed by atoms with van der Waals surface area (Å²) in [5.41, 5.74) is 2.32. The van der Waals surface area contributed by atoms with E-state index in [1.165, 1.54) is 11.1 Å². The van der Waals surface area contributed by atoms with Gasteiger partial charge in [-0.3, -0.25) is 9.59 Å². The molecular weight excluding hydrogens is 304 g/mol. The van der Waals surface area contributed by atoms with Crippen molar-refractivity contribution in [2.45, 2.75) is 44.7 Å². The Morgan fingerprint density at radius 3 is 2.67 bits per heavy atom. The van der Waals surface area contributed by atoms with Crippen LogP contribution >= 0.6 is 0 Å². The van der Waals surface area contributed by atoms with Crippen molar-refractivity contribution in [3.05, 3.63) is 35.4 Å². The van der Waals surface area contributed by atoms with E-state index in [0.717, 1.165) is 19.3 Å². The van der Waals surface area contributed by atoms with Crippen molar-refractivity contribution in [1.29, 1.82) is 0 Å². The van der Waals surface area contributed by atoms with E-state index in [9.17, 15) is 9.59 Å². The number of methoxy groups -OCH3 is 1. The number of carbonyl (C=O) groups excluding carboxylic acids is 2. The quantitative estimate of drug-likeness (QED) is 0.850. The number of nitrogens with zero attached hydrogens (tertiary/aromatic N) is 2. The van der Waals surface area contributed by atoms with Crippen LogP contribution in [0.4, 0.5) is 0 Å². The first-order valence-corrected chi connectivity index (χ1v) is 8.67. The Balaban J connectivity index is 1.70. The van der Waals surface area contributed by atoms with Crippen molar-refractivity contribution in [3.63, 3.8) is 0 Å². The maximum absolute atomic E-state index is 12.5. The molecule has 0 N–H and O–H groups in total. The van der Waals surface area contributed by atoms with Gasteiger partial charge in [0.25, 0.3) is 0 Å². The Hall–Kier alpha value is -1.88. The summed E-state index contributed by atoms with van der Waals surface area (Å²) < 4.78 is 4.95. The summed E-state index contributed by atoms with van der Waals surface area (Å²) >= 11 is 0. The lowest BCUT2D eigenvalue weighted by molar-refractivity contribution is -0.139. The molecule has 0 radical (unpaired) electrons. The second kappa shape index (κ2) is 6.93. The number of piperidine rings is 1. The van der Waals surface area contributed by atoms with E-state index >= 15 is 0 Å². The third kappa shape index (κ3) is 3.31. The van der Waals surface area contributed by atoms with E-state index in [4.69, 9.17) is 4.74 Å². The molecule has 2 heterocycles. The van der Waals surface area contributed by atoms with E-state index in [-0.39, 0.29) is 24.0 Å². The summed E-state index contributed by atoms with van der Waals surface area (Å²) in [6.45, 7) is 4.30. The van der Waals surface area contributed by atoms with Gasteiger partial charge in [0, 0.05) is 38.7 Å². The molecule has 130 valence electrons. The van der Waals surface area contributed by atoms with Crippen molar-refractivity contribution in [2.24, 2.45) is 0 Å². The van der Waals surface area contributed by atoms with Crippen LogP contribution in [-0.4, -0.2) is 54.0 Å². The van der Waals surface area contributed by atoms with Crippen LogP contribution in [0, 0.1) is 6.92 Å². The molecule has 5 heteroatoms. The Labute approximate surface area is 143 Å². The predicted molar refractivity (Wildman–Crippen MR) is 91.4 cm³/mol. The van der Waals surface area contributed by atoms with Gasteiger partial charge in [0.15, 0.2) is 0 Å². The van der Waals surface area contributed by atoms with Gasteiger partial charge >= 0.3 is 0 Å². The molecule has 2 aliphatic heterocycles. The zero-order chi connectivity index (χ0) is 17.2. The fourth-order valence-electron chi connectivity index (χ4n) is 4.03. The molecular formula is C19H26N2O3. The van der Waals surface area contributed by atoms with Gasteiger partial charge in [-0.1, -0.05) is 29.8 Å². The second-order valence-electron chi connectivity index (χ2n) is 7.01. The Morgan fingerprint density at radius 2 is 2.00 bits per heavy atom. The standard InChI is InChI=1S/C19H26N2O3/c1-15-4-3-5-16(12-15)13-21-17(22)6-7-19(21)8-10-20(11-9-19)18(23)14-24-2/h3-5,12H,6-11,13-14H2,1-2H3. The van der Waals surface area contributed by atoms with Gasteiger partial charge in [0.2, 0.25) is 11.8 Å². The smallest absolute Gasteiger partial charge is 0.248 e. The minimum Gasteiger partial charge on any atom is -0.375 e. The van der Waals surface area contributed by atoms with Gasteiger partial charge in [0.05, 0.1) is 0 Å². The van der Waals surface area contributed by atoms with E-state index < -0.39 is 0 Å². The van der Waals surface area contributed by atoms with Crippen LogP contribution in [-0.2, 0) is 20.9 Å². The van der Waals surface area contributed by atoms with E-state index in [2.05, 4.69) is 30.0 Å². The maximum Gasteiger partial charge on any atom is 0.248 e. The highest BCUT2D eigenvalue weighted by Crippen LogP contribution is 2.40. The van der Waals surface area contributed by atoms with Gasteiger partial charge in [-0.25, -0.2) is 0 Å². The number of likely N-dealkylation sites (tertiary alicyclic amines) is 2. The van der Waals surface area contributed by atoms with Crippen LogP contribution in [0.15, 0.2) is 24.3 Å². The zero-order valence-corrected chi connectivity index (χ0v) is 14.6. The third-order valence-electron chi connectivity index (χ3n) is 5.42. The molecule has 5 nitrogen and oxygen atoms in total. The third-order valence-corrected chi connectivity index (χ3v) is 5.42. The fourth-order valence-corrected chi connectivity index (χ4v) is 4.03. The lowest BCUT2D eigenvalue weighted by atomic mass is 9.84. The van der Waals surface area contributed by atoms with Crippen molar-refractivity contribution < 1.29 is 14.3 Å². The molecule has 2 aliphatic rings. The molecule has 0 unspecified atom stereocenters. The number of hydrogen-bond donors (Lipinski definition) is 0. The lowest BCUT2D eigenvalue weighted by Crippen LogP contribution is -2.54. The monoisotopic (exact) mass is 330 g/mol. The molecule has 1 spiro atoms. The molecule has 0 bridgehead atoms. The molecule has 0 aromatic heterocycles. The first kappa shape index (κ1) is 17.0. The van der Waals surface area contributed by atoms with Gasteiger partial charge in [-0.05, 0) is 31.7 Å². The van der Waals surface area contributed by atoms with Crippen LogP contribution in [0.5, 0.6) is 0 Å². The highest BCUT2D eigenvalue weighted by atomic mass is 16.5. The van der Waals surface area contributed by atoms with Crippen molar-refractivity contribution >= 4 is 11.8 Å². The predicted octanol–water partition coefficient (Wildman–Crippen LogP) is 2.13. The molecule has 24 heavy (non-hydrogen) atoms. The summed E-state index contributed by atoms with van der Waals surface area (Å²) in [6, 6.07) is 8.36. The normalized spacial score (nSPS) is 20.0. The van der Waals surface area contributed by atoms with Crippen molar-refractivity contribution in [1.82, 2.24) is 9.80 Å². The average molecular weight is 330 g/mol. The van der Waals surface area contributed by atoms with E-state index in [1.54, 1.807) is 7.11 Å². The number of amides is 2. The Kier molecular flexibility index (Phi) is 4.90. The number of carbonyl (C=O) groups is 2. The van der Waals surface area contributed by atoms with Crippen LogP contribution < -0.4 is 0 Å². The van der Waals surface area contributed by atoms with E-state index in [0.29, 0.717) is 26.1 Å². The number of aryl methyl sites for hydroxylation is 1. The summed E-state index contributed by atoms with van der Waals surface area (Å²) in [7, 11) is 1.54. The molecule has 1 aromatic carbocycles. The van der Waals surface area contributed by atoms with Crippen molar-refractivity contribution in [3.8, 4) is 0 Å². The number of rotatable bonds is 4. The molecule has 0 atom stereocenters. The lowest BCUT2D eigenvalue weighted by Gasteiger charge is -2.45. The molecule has 0 aliphatic carbocycles. The average Bonchev–Trinajstić information content (AvgIpc) is 2.85. The van der Waals surface area contributed by atoms with Gasteiger partial charge in [-0.15, -0.1) is 0 Å². The summed E-state index contributed by atoms with van der Waals surface area (Å²) in [5, 5.41) is 0. The SMILES string of the molecule is COCC(=O)N1CCC2(CCC(=O)N2Cc2cccc(C)c2)CC1. The van der Waals surface area contributed by atoms with Crippen molar-refractivity contribution in [2.75, 3.05) is 26.8 Å². The van der Waals surface area contributed by atoms with Crippen LogP contribution in [0.2, 0.25) is 0 Å². The second-order valence-corrected chi connectivity index (χ2v) is 7.01. The summed E-state index contributed by atoms with van der Waals surface area (Å²) in [5.74, 6) is 0.287. The maximum atomic E-state index is 12.5. The molecule has 2 fully saturated rings. The van der Waals surface area contributed by atoms with Gasteiger partial charge in [-0.2, -0.15) is 0 Å². The first-order chi connectivity index (χ1) is 11.5. The highest BCUT2D eigenvalue weighted by molar-refractivity contribution is 5.80. The number of hydrogen-bond acceptors (Lipinski definition) is 3. The molecule has 1 aromatic rings. The largest absolute Gasteiger partial charge is 0.375 e. The molecule has 0 saturated carbocycles. The zero-order valence-electron chi connectivity index (χ0n) is 14.6. The topological polar surface area (TPSA) is 49.9 Å².